The fraction of sp³-hybridized carbons (Fsp3) is 0.320. The number of oxazole rings is 1. The quantitative estimate of drug-likeness (QED) is 0.372. The van der Waals surface area contributed by atoms with Gasteiger partial charge in [-0.15, -0.1) is 0 Å². The summed E-state index contributed by atoms with van der Waals surface area (Å²) < 4.78 is 6.08. The monoisotopic (exact) mass is 442 g/mol. The molecule has 1 amide bonds. The van der Waals surface area contributed by atoms with Crippen LogP contribution in [-0.2, 0) is 4.79 Å². The number of hydrogen-bond acceptors (Lipinski definition) is 6. The molecule has 4 heterocycles. The molecule has 0 saturated carbocycles. The van der Waals surface area contributed by atoms with Crippen LogP contribution in [0.4, 0.5) is 5.69 Å². The molecule has 2 aromatic heterocycles. The van der Waals surface area contributed by atoms with E-state index in [1.165, 1.54) is 6.42 Å². The second kappa shape index (κ2) is 8.46. The molecule has 0 unspecified atom stereocenters. The molecular formula is C25H26N6O2. The van der Waals surface area contributed by atoms with E-state index in [2.05, 4.69) is 25.9 Å². The fourth-order valence-electron chi connectivity index (χ4n) is 4.67. The minimum Gasteiger partial charge on any atom is -0.436 e. The van der Waals surface area contributed by atoms with Crippen molar-refractivity contribution < 1.29 is 9.21 Å². The van der Waals surface area contributed by atoms with Crippen molar-refractivity contribution in [3.05, 3.63) is 54.5 Å². The summed E-state index contributed by atoms with van der Waals surface area (Å²) in [5.41, 5.74) is 4.41. The fourth-order valence-corrected chi connectivity index (χ4v) is 4.67. The van der Waals surface area contributed by atoms with Crippen LogP contribution in [0.25, 0.3) is 33.8 Å². The molecule has 4 N–H and O–H groups in total. The lowest BCUT2D eigenvalue weighted by Gasteiger charge is -2.11. The lowest BCUT2D eigenvalue weighted by Crippen LogP contribution is -2.35. The van der Waals surface area contributed by atoms with E-state index in [-0.39, 0.29) is 11.9 Å². The first-order chi connectivity index (χ1) is 16.2. The topological polar surface area (TPSA) is 108 Å². The van der Waals surface area contributed by atoms with Crippen molar-refractivity contribution in [2.24, 2.45) is 0 Å². The summed E-state index contributed by atoms with van der Waals surface area (Å²) in [6, 6.07) is 13.8. The van der Waals surface area contributed by atoms with Gasteiger partial charge in [-0.05, 0) is 75.2 Å². The lowest BCUT2D eigenvalue weighted by molar-refractivity contribution is -0.117. The minimum absolute atomic E-state index is 0.00257. The third-order valence-electron chi connectivity index (χ3n) is 6.44. The Labute approximate surface area is 191 Å². The molecule has 33 heavy (non-hydrogen) atoms. The molecule has 0 bridgehead atoms. The first-order valence-corrected chi connectivity index (χ1v) is 11.6. The van der Waals surface area contributed by atoms with Gasteiger partial charge in [0.15, 0.2) is 5.76 Å². The van der Waals surface area contributed by atoms with Crippen molar-refractivity contribution >= 4 is 22.6 Å². The van der Waals surface area contributed by atoms with Gasteiger partial charge in [-0.2, -0.15) is 0 Å². The maximum atomic E-state index is 12.4. The molecule has 2 saturated heterocycles. The van der Waals surface area contributed by atoms with E-state index in [4.69, 9.17) is 9.40 Å². The van der Waals surface area contributed by atoms with Crippen molar-refractivity contribution in [3.63, 3.8) is 0 Å². The van der Waals surface area contributed by atoms with Gasteiger partial charge in [0.05, 0.1) is 29.3 Å². The number of aromatic amines is 1. The average molecular weight is 443 g/mol. The second-order valence-electron chi connectivity index (χ2n) is 8.75. The summed E-state index contributed by atoms with van der Waals surface area (Å²) in [4.78, 5) is 25.1. The summed E-state index contributed by atoms with van der Waals surface area (Å²) in [6.07, 6.45) is 5.91. The zero-order chi connectivity index (χ0) is 22.2. The molecule has 4 aromatic rings. The van der Waals surface area contributed by atoms with Gasteiger partial charge in [-0.1, -0.05) is 6.07 Å². The Bertz CT molecular complexity index is 1300. The molecule has 2 fully saturated rings. The smallest absolute Gasteiger partial charge is 0.241 e. The molecule has 2 aliphatic heterocycles. The van der Waals surface area contributed by atoms with Gasteiger partial charge in [0.2, 0.25) is 11.8 Å². The molecule has 8 nitrogen and oxygen atoms in total. The van der Waals surface area contributed by atoms with Gasteiger partial charge in [0.25, 0.3) is 0 Å². The molecule has 8 heteroatoms. The maximum absolute atomic E-state index is 12.4. The zero-order valence-corrected chi connectivity index (χ0v) is 18.2. The first-order valence-electron chi connectivity index (χ1n) is 11.6. The molecular weight excluding hydrogens is 416 g/mol. The van der Waals surface area contributed by atoms with Crippen LogP contribution >= 0.6 is 0 Å². The Hall–Kier alpha value is -3.49. The molecule has 0 aliphatic carbocycles. The number of H-pyrrole nitrogens is 1. The van der Waals surface area contributed by atoms with Crippen molar-refractivity contribution in [1.82, 2.24) is 25.6 Å². The third kappa shape index (κ3) is 4.03. The average Bonchev–Trinajstić information content (AvgIpc) is 3.64. The van der Waals surface area contributed by atoms with Crippen molar-refractivity contribution in [2.75, 3.05) is 18.4 Å². The molecule has 6 rings (SSSR count). The van der Waals surface area contributed by atoms with Gasteiger partial charge in [0, 0.05) is 16.8 Å². The zero-order valence-electron chi connectivity index (χ0n) is 18.2. The molecule has 2 atom stereocenters. The molecule has 2 aromatic carbocycles. The molecule has 168 valence electrons. The summed E-state index contributed by atoms with van der Waals surface area (Å²) in [5.74, 6) is 2.18. The number of hydrogen-bond donors (Lipinski definition) is 4. The number of nitrogens with zero attached hydrogens (tertiary/aromatic N) is 2. The second-order valence-corrected chi connectivity index (χ2v) is 8.75. The largest absolute Gasteiger partial charge is 0.436 e. The standard InChI is InChI=1S/C25H26N6O2/c32-24(20-7-3-11-27-20)29-17-5-1-4-16(12-17)25-28-14-22(33-25)15-8-9-18-21(13-15)31-23(30-18)19-6-2-10-26-19/h1,4-5,8-9,12-14,19-20,26-27H,2-3,6-7,10-11H2,(H,29,32)(H,30,31)/t19-,20-/m0/s1. The number of rotatable bonds is 5. The first kappa shape index (κ1) is 20.1. The predicted octanol–water partition coefficient (Wildman–Crippen LogP) is 4.00. The molecule has 2 aliphatic rings. The number of amides is 1. The van der Waals surface area contributed by atoms with E-state index in [1.807, 2.05) is 42.5 Å². The van der Waals surface area contributed by atoms with Crippen LogP contribution < -0.4 is 16.0 Å². The SMILES string of the molecule is O=C(Nc1cccc(-c2ncc(-c3ccc4[nH]c([C@@H]5CCCN5)nc4c3)o2)c1)[C@@H]1CCCN1. The van der Waals surface area contributed by atoms with Gasteiger partial charge in [-0.3, -0.25) is 4.79 Å². The number of anilines is 1. The number of benzene rings is 2. The summed E-state index contributed by atoms with van der Waals surface area (Å²) in [6.45, 7) is 1.93. The van der Waals surface area contributed by atoms with Crippen LogP contribution in [-0.4, -0.2) is 40.0 Å². The highest BCUT2D eigenvalue weighted by molar-refractivity contribution is 5.95. The number of nitrogens with one attached hydrogen (secondary N) is 4. The number of fused-ring (bicyclic) bond motifs is 1. The van der Waals surface area contributed by atoms with E-state index in [1.54, 1.807) is 6.20 Å². The number of imidazole rings is 1. The summed E-state index contributed by atoms with van der Waals surface area (Å²) in [7, 11) is 0. The van der Waals surface area contributed by atoms with Crippen LogP contribution in [0, 0.1) is 0 Å². The maximum Gasteiger partial charge on any atom is 0.241 e. The number of aromatic nitrogens is 3. The normalized spacial score (nSPS) is 20.5. The van der Waals surface area contributed by atoms with E-state index >= 15 is 0 Å². The Morgan fingerprint density at radius 2 is 1.94 bits per heavy atom. The number of carbonyl (C=O) groups excluding carboxylic acids is 1. The van der Waals surface area contributed by atoms with Gasteiger partial charge >= 0.3 is 0 Å². The Morgan fingerprint density at radius 1 is 1.03 bits per heavy atom. The van der Waals surface area contributed by atoms with Gasteiger partial charge in [-0.25, -0.2) is 9.97 Å². The van der Waals surface area contributed by atoms with Crippen molar-refractivity contribution in [2.45, 2.75) is 37.8 Å². The van der Waals surface area contributed by atoms with E-state index < -0.39 is 0 Å². The van der Waals surface area contributed by atoms with Crippen LogP contribution in [0.2, 0.25) is 0 Å². The van der Waals surface area contributed by atoms with Crippen LogP contribution in [0.15, 0.2) is 53.1 Å². The number of carbonyl (C=O) groups is 1. The molecule has 0 radical (unpaired) electrons. The Morgan fingerprint density at radius 3 is 2.79 bits per heavy atom. The van der Waals surface area contributed by atoms with Crippen molar-refractivity contribution in [3.8, 4) is 22.8 Å². The highest BCUT2D eigenvalue weighted by atomic mass is 16.4. The van der Waals surface area contributed by atoms with Crippen LogP contribution in [0.1, 0.15) is 37.5 Å². The van der Waals surface area contributed by atoms with Gasteiger partial charge in [0.1, 0.15) is 5.82 Å². The minimum atomic E-state index is -0.121. The van der Waals surface area contributed by atoms with Crippen LogP contribution in [0.5, 0.6) is 0 Å². The van der Waals surface area contributed by atoms with E-state index in [0.29, 0.717) is 17.7 Å². The molecule has 0 spiro atoms. The van der Waals surface area contributed by atoms with E-state index in [9.17, 15) is 4.79 Å². The van der Waals surface area contributed by atoms with Crippen molar-refractivity contribution in [1.29, 1.82) is 0 Å². The summed E-state index contributed by atoms with van der Waals surface area (Å²) in [5, 5.41) is 9.69. The van der Waals surface area contributed by atoms with E-state index in [0.717, 1.165) is 66.0 Å². The highest BCUT2D eigenvalue weighted by Crippen LogP contribution is 2.30. The summed E-state index contributed by atoms with van der Waals surface area (Å²) >= 11 is 0. The lowest BCUT2D eigenvalue weighted by atomic mass is 10.1. The Balaban J connectivity index is 1.22. The predicted molar refractivity (Wildman–Crippen MR) is 127 cm³/mol. The highest BCUT2D eigenvalue weighted by Gasteiger charge is 2.22. The van der Waals surface area contributed by atoms with Crippen LogP contribution in [0.3, 0.4) is 0 Å². The third-order valence-corrected chi connectivity index (χ3v) is 6.44. The van der Waals surface area contributed by atoms with Gasteiger partial charge < -0.3 is 25.4 Å². The Kier molecular flexibility index (Phi) is 5.16.